The highest BCUT2D eigenvalue weighted by Crippen LogP contribution is 2.29. The smallest absolute Gasteiger partial charge is 0.333 e. The largest absolute Gasteiger partial charge is 0.454 e. The standard InChI is InChI=1S/C14H18O2.C3H8.2C2H6/c1-5-11-8-7-9-13(12(11)6-2)16-14(15)10(3)4;1-3-2;2*1-2/h5-6,13H,1-3,7-9H2,4H3;3H2,1-2H3;2*1-2H3. The molecule has 134 valence electrons. The van der Waals surface area contributed by atoms with Crippen molar-refractivity contribution < 1.29 is 9.53 Å². The maximum Gasteiger partial charge on any atom is 0.333 e. The van der Waals surface area contributed by atoms with E-state index in [0.717, 1.165) is 30.4 Å². The minimum Gasteiger partial charge on any atom is -0.454 e. The van der Waals surface area contributed by atoms with Crippen LogP contribution < -0.4 is 0 Å². The Kier molecular flexibility index (Phi) is 21.2. The summed E-state index contributed by atoms with van der Waals surface area (Å²) in [5, 5.41) is 0. The highest BCUT2D eigenvalue weighted by molar-refractivity contribution is 5.87. The zero-order valence-corrected chi connectivity index (χ0v) is 16.5. The third-order valence-electron chi connectivity index (χ3n) is 2.69. The Labute approximate surface area is 145 Å². The molecular formula is C21H38O2. The van der Waals surface area contributed by atoms with Crippen molar-refractivity contribution in [2.75, 3.05) is 0 Å². The van der Waals surface area contributed by atoms with Crippen LogP contribution in [0.3, 0.4) is 0 Å². The molecule has 0 aliphatic heterocycles. The number of esters is 1. The van der Waals surface area contributed by atoms with Gasteiger partial charge in [0, 0.05) is 5.57 Å². The van der Waals surface area contributed by atoms with E-state index in [1.165, 1.54) is 6.42 Å². The summed E-state index contributed by atoms with van der Waals surface area (Å²) < 4.78 is 5.37. The van der Waals surface area contributed by atoms with Gasteiger partial charge in [-0.2, -0.15) is 0 Å². The zero-order chi connectivity index (χ0) is 18.8. The van der Waals surface area contributed by atoms with Gasteiger partial charge in [-0.15, -0.1) is 0 Å². The first-order valence-corrected chi connectivity index (χ1v) is 8.86. The van der Waals surface area contributed by atoms with Gasteiger partial charge in [0.2, 0.25) is 0 Å². The van der Waals surface area contributed by atoms with Crippen molar-refractivity contribution in [1.29, 1.82) is 0 Å². The summed E-state index contributed by atoms with van der Waals surface area (Å²) in [5.41, 5.74) is 2.53. The topological polar surface area (TPSA) is 26.3 Å². The van der Waals surface area contributed by atoms with Crippen LogP contribution in [0.25, 0.3) is 0 Å². The molecule has 23 heavy (non-hydrogen) atoms. The van der Waals surface area contributed by atoms with E-state index >= 15 is 0 Å². The zero-order valence-electron chi connectivity index (χ0n) is 16.5. The molecule has 1 atom stereocenters. The quantitative estimate of drug-likeness (QED) is 0.420. The molecule has 2 nitrogen and oxygen atoms in total. The maximum atomic E-state index is 11.5. The molecule has 0 aromatic rings. The average Bonchev–Trinajstić information content (AvgIpc) is 2.58. The van der Waals surface area contributed by atoms with Gasteiger partial charge in [-0.3, -0.25) is 0 Å². The normalized spacial score (nSPS) is 15.3. The van der Waals surface area contributed by atoms with Gasteiger partial charge in [0.25, 0.3) is 0 Å². The minimum atomic E-state index is -0.338. The summed E-state index contributed by atoms with van der Waals surface area (Å²) in [6, 6.07) is 0. The van der Waals surface area contributed by atoms with Crippen LogP contribution in [0.4, 0.5) is 0 Å². The van der Waals surface area contributed by atoms with E-state index in [4.69, 9.17) is 4.74 Å². The summed E-state index contributed by atoms with van der Waals surface area (Å²) in [7, 11) is 0. The molecule has 0 bridgehead atoms. The van der Waals surface area contributed by atoms with E-state index in [2.05, 4.69) is 33.6 Å². The number of carbonyl (C=O) groups is 1. The molecular weight excluding hydrogens is 284 g/mol. The van der Waals surface area contributed by atoms with Crippen molar-refractivity contribution in [3.63, 3.8) is 0 Å². The molecule has 0 aromatic carbocycles. The fourth-order valence-corrected chi connectivity index (χ4v) is 1.82. The minimum absolute atomic E-state index is 0.191. The van der Waals surface area contributed by atoms with Gasteiger partial charge in [0.15, 0.2) is 0 Å². The van der Waals surface area contributed by atoms with E-state index in [1.54, 1.807) is 13.0 Å². The summed E-state index contributed by atoms with van der Waals surface area (Å²) in [6.07, 6.45) is 7.46. The lowest BCUT2D eigenvalue weighted by molar-refractivity contribution is -0.142. The van der Waals surface area contributed by atoms with Crippen LogP contribution >= 0.6 is 0 Å². The first kappa shape index (κ1) is 26.3. The van der Waals surface area contributed by atoms with Crippen molar-refractivity contribution in [2.45, 2.75) is 80.3 Å². The van der Waals surface area contributed by atoms with E-state index in [1.807, 2.05) is 33.8 Å². The molecule has 1 aliphatic rings. The van der Waals surface area contributed by atoms with Gasteiger partial charge in [-0.1, -0.05) is 79.9 Å². The van der Waals surface area contributed by atoms with E-state index in [-0.39, 0.29) is 12.1 Å². The van der Waals surface area contributed by atoms with Crippen molar-refractivity contribution in [3.05, 3.63) is 48.6 Å². The van der Waals surface area contributed by atoms with Gasteiger partial charge in [0.1, 0.15) is 6.10 Å². The fraction of sp³-hybridized carbons (Fsp3) is 0.571. The van der Waals surface area contributed by atoms with Gasteiger partial charge >= 0.3 is 5.97 Å². The molecule has 0 N–H and O–H groups in total. The Morgan fingerprint density at radius 3 is 2.00 bits per heavy atom. The van der Waals surface area contributed by atoms with E-state index in [0.29, 0.717) is 5.57 Å². The summed E-state index contributed by atoms with van der Waals surface area (Å²) in [5.74, 6) is -0.338. The second-order valence-corrected chi connectivity index (χ2v) is 4.66. The van der Waals surface area contributed by atoms with Crippen molar-refractivity contribution in [2.24, 2.45) is 0 Å². The Hall–Kier alpha value is -1.57. The van der Waals surface area contributed by atoms with Gasteiger partial charge < -0.3 is 4.74 Å². The second-order valence-electron chi connectivity index (χ2n) is 4.66. The molecule has 2 heteroatoms. The number of rotatable bonds is 4. The van der Waals surface area contributed by atoms with Crippen LogP contribution in [0.2, 0.25) is 0 Å². The number of hydrogen-bond acceptors (Lipinski definition) is 2. The van der Waals surface area contributed by atoms with Gasteiger partial charge in [-0.25, -0.2) is 4.79 Å². The molecule has 0 saturated heterocycles. The predicted molar refractivity (Wildman–Crippen MR) is 105 cm³/mol. The van der Waals surface area contributed by atoms with Crippen LogP contribution in [0.1, 0.15) is 74.1 Å². The van der Waals surface area contributed by atoms with Gasteiger partial charge in [-0.05, 0) is 37.3 Å². The molecule has 1 aliphatic carbocycles. The molecule has 1 unspecified atom stereocenters. The fourth-order valence-electron chi connectivity index (χ4n) is 1.82. The van der Waals surface area contributed by atoms with E-state index in [9.17, 15) is 4.79 Å². The number of ether oxygens (including phenoxy) is 1. The predicted octanol–water partition coefficient (Wildman–Crippen LogP) is 6.80. The molecule has 0 aromatic heterocycles. The maximum absolute atomic E-state index is 11.5. The van der Waals surface area contributed by atoms with Crippen molar-refractivity contribution >= 4 is 5.97 Å². The highest BCUT2D eigenvalue weighted by Gasteiger charge is 2.23. The SMILES string of the molecule is C=CC1=C(C=C)C(OC(=O)C(=C)C)CCC1.CC.CC.CCC. The van der Waals surface area contributed by atoms with Crippen LogP contribution in [0.15, 0.2) is 48.6 Å². The molecule has 0 radical (unpaired) electrons. The number of hydrogen-bond donors (Lipinski definition) is 0. The Morgan fingerprint density at radius 1 is 1.17 bits per heavy atom. The lowest BCUT2D eigenvalue weighted by atomic mass is 9.89. The van der Waals surface area contributed by atoms with Crippen LogP contribution in [0.5, 0.6) is 0 Å². The molecule has 0 spiro atoms. The lowest BCUT2D eigenvalue weighted by Crippen LogP contribution is -2.23. The average molecular weight is 323 g/mol. The Morgan fingerprint density at radius 2 is 1.65 bits per heavy atom. The summed E-state index contributed by atoms with van der Waals surface area (Å²) in [4.78, 5) is 11.5. The van der Waals surface area contributed by atoms with Crippen LogP contribution in [0, 0.1) is 0 Å². The van der Waals surface area contributed by atoms with Crippen LogP contribution in [-0.2, 0) is 9.53 Å². The van der Waals surface area contributed by atoms with E-state index < -0.39 is 0 Å². The number of allylic oxidation sites excluding steroid dienone is 2. The first-order chi connectivity index (χ1) is 11.0. The van der Waals surface area contributed by atoms with Gasteiger partial charge in [0.05, 0.1) is 0 Å². The summed E-state index contributed by atoms with van der Waals surface area (Å²) >= 11 is 0. The molecule has 1 rings (SSSR count). The molecule has 0 amide bonds. The number of carbonyl (C=O) groups excluding carboxylic acids is 1. The highest BCUT2D eigenvalue weighted by atomic mass is 16.5. The van der Waals surface area contributed by atoms with Crippen LogP contribution in [-0.4, -0.2) is 12.1 Å². The lowest BCUT2D eigenvalue weighted by Gasteiger charge is -2.25. The Bertz CT molecular complexity index is 375. The molecule has 0 saturated carbocycles. The monoisotopic (exact) mass is 322 g/mol. The first-order valence-electron chi connectivity index (χ1n) is 8.86. The Balaban J connectivity index is -0.000000496. The molecule has 0 heterocycles. The third-order valence-corrected chi connectivity index (χ3v) is 2.69. The third kappa shape index (κ3) is 11.6. The van der Waals surface area contributed by atoms with Crippen molar-refractivity contribution in [3.8, 4) is 0 Å². The second kappa shape index (κ2) is 18.5. The summed E-state index contributed by atoms with van der Waals surface area (Å²) in [6.45, 7) is 25.0. The molecule has 0 fully saturated rings. The van der Waals surface area contributed by atoms with Crippen molar-refractivity contribution in [1.82, 2.24) is 0 Å².